The van der Waals surface area contributed by atoms with Gasteiger partial charge in [0, 0.05) is 34.4 Å². The van der Waals surface area contributed by atoms with E-state index < -0.39 is 17.8 Å². The molecule has 0 unspecified atom stereocenters. The SMILES string of the molecule is COc1ccc(C(=O)C2C(C(=O)c3ccc(OC)cc3)C2C(=O)c2ccc(OC)cc2)cc1. The van der Waals surface area contributed by atoms with Crippen LogP contribution in [-0.2, 0) is 0 Å². The maximum Gasteiger partial charge on any atom is 0.167 e. The van der Waals surface area contributed by atoms with Crippen molar-refractivity contribution in [3.05, 3.63) is 89.5 Å². The highest BCUT2D eigenvalue weighted by atomic mass is 16.5. The summed E-state index contributed by atoms with van der Waals surface area (Å²) in [5.74, 6) is -0.964. The molecule has 6 heteroatoms. The molecule has 3 aromatic rings. The van der Waals surface area contributed by atoms with Crippen molar-refractivity contribution in [3.8, 4) is 17.2 Å². The molecule has 6 nitrogen and oxygen atoms in total. The van der Waals surface area contributed by atoms with Crippen molar-refractivity contribution in [1.29, 1.82) is 0 Å². The minimum atomic E-state index is -0.720. The highest BCUT2D eigenvalue weighted by molar-refractivity contribution is 6.16. The molecule has 0 aliphatic heterocycles. The zero-order chi connectivity index (χ0) is 23.5. The summed E-state index contributed by atoms with van der Waals surface area (Å²) in [6.07, 6.45) is 0. The molecule has 3 aromatic carbocycles. The summed E-state index contributed by atoms with van der Waals surface area (Å²) in [6.45, 7) is 0. The van der Waals surface area contributed by atoms with E-state index >= 15 is 0 Å². The Morgan fingerprint density at radius 3 is 0.848 bits per heavy atom. The van der Waals surface area contributed by atoms with E-state index in [9.17, 15) is 14.4 Å². The van der Waals surface area contributed by atoms with Crippen LogP contribution in [0.5, 0.6) is 17.2 Å². The number of ether oxygens (including phenoxy) is 3. The van der Waals surface area contributed by atoms with Gasteiger partial charge in [-0.3, -0.25) is 14.4 Å². The average Bonchev–Trinajstić information content (AvgIpc) is 3.63. The van der Waals surface area contributed by atoms with Gasteiger partial charge in [0.15, 0.2) is 17.3 Å². The number of methoxy groups -OCH3 is 3. The van der Waals surface area contributed by atoms with Crippen molar-refractivity contribution in [2.45, 2.75) is 0 Å². The molecule has 0 aromatic heterocycles. The van der Waals surface area contributed by atoms with Gasteiger partial charge >= 0.3 is 0 Å². The van der Waals surface area contributed by atoms with Crippen LogP contribution in [0.4, 0.5) is 0 Å². The first kappa shape index (κ1) is 22.3. The molecule has 4 rings (SSSR count). The van der Waals surface area contributed by atoms with Crippen LogP contribution in [0.25, 0.3) is 0 Å². The number of hydrogen-bond donors (Lipinski definition) is 0. The van der Waals surface area contributed by atoms with Crippen molar-refractivity contribution in [2.24, 2.45) is 17.8 Å². The molecule has 0 amide bonds. The van der Waals surface area contributed by atoms with Crippen LogP contribution in [0.1, 0.15) is 31.1 Å². The second-order valence-corrected chi connectivity index (χ2v) is 7.86. The largest absolute Gasteiger partial charge is 0.497 e. The van der Waals surface area contributed by atoms with E-state index in [2.05, 4.69) is 0 Å². The molecule has 33 heavy (non-hydrogen) atoms. The Morgan fingerprint density at radius 1 is 0.455 bits per heavy atom. The van der Waals surface area contributed by atoms with E-state index in [0.29, 0.717) is 33.9 Å². The van der Waals surface area contributed by atoms with Crippen LogP contribution < -0.4 is 14.2 Å². The molecule has 0 bridgehead atoms. The summed E-state index contributed by atoms with van der Waals surface area (Å²) < 4.78 is 15.5. The van der Waals surface area contributed by atoms with Crippen molar-refractivity contribution < 1.29 is 28.6 Å². The Morgan fingerprint density at radius 2 is 0.667 bits per heavy atom. The lowest BCUT2D eigenvalue weighted by Crippen LogP contribution is -2.09. The molecule has 1 aliphatic carbocycles. The molecule has 0 N–H and O–H groups in total. The fourth-order valence-corrected chi connectivity index (χ4v) is 4.13. The van der Waals surface area contributed by atoms with E-state index in [1.807, 2.05) is 0 Å². The monoisotopic (exact) mass is 444 g/mol. The van der Waals surface area contributed by atoms with E-state index in [0.717, 1.165) is 0 Å². The van der Waals surface area contributed by atoms with Crippen LogP contribution in [-0.4, -0.2) is 38.7 Å². The van der Waals surface area contributed by atoms with Gasteiger partial charge in [0.25, 0.3) is 0 Å². The maximum atomic E-state index is 13.3. The Labute approximate surface area is 192 Å². The summed E-state index contributed by atoms with van der Waals surface area (Å²) in [7, 11) is 4.64. The number of hydrogen-bond acceptors (Lipinski definition) is 6. The zero-order valence-electron chi connectivity index (χ0n) is 18.6. The number of Topliss-reactive ketones (excluding diaryl/α,β-unsaturated/α-hetero) is 3. The van der Waals surface area contributed by atoms with Gasteiger partial charge in [-0.2, -0.15) is 0 Å². The number of rotatable bonds is 9. The average molecular weight is 444 g/mol. The van der Waals surface area contributed by atoms with Crippen molar-refractivity contribution >= 4 is 17.3 Å². The van der Waals surface area contributed by atoms with E-state index in [-0.39, 0.29) is 17.3 Å². The van der Waals surface area contributed by atoms with Crippen LogP contribution in [0.2, 0.25) is 0 Å². The lowest BCUT2D eigenvalue weighted by Gasteiger charge is -2.04. The fourth-order valence-electron chi connectivity index (χ4n) is 4.13. The lowest BCUT2D eigenvalue weighted by atomic mass is 10.0. The topological polar surface area (TPSA) is 78.9 Å². The van der Waals surface area contributed by atoms with E-state index in [1.54, 1.807) is 94.1 Å². The smallest absolute Gasteiger partial charge is 0.167 e. The Hall–Kier alpha value is -3.93. The predicted molar refractivity (Wildman–Crippen MR) is 122 cm³/mol. The summed E-state index contributed by atoms with van der Waals surface area (Å²) in [6, 6.07) is 20.1. The molecule has 0 radical (unpaired) electrons. The Balaban J connectivity index is 1.64. The first-order valence-corrected chi connectivity index (χ1v) is 10.5. The van der Waals surface area contributed by atoms with Crippen molar-refractivity contribution in [3.63, 3.8) is 0 Å². The normalized spacial score (nSPS) is 18.8. The van der Waals surface area contributed by atoms with E-state index in [4.69, 9.17) is 14.2 Å². The third-order valence-corrected chi connectivity index (χ3v) is 6.05. The molecule has 1 fully saturated rings. The Kier molecular flexibility index (Phi) is 6.27. The molecule has 0 saturated heterocycles. The zero-order valence-corrected chi connectivity index (χ0v) is 18.6. The van der Waals surface area contributed by atoms with Gasteiger partial charge in [-0.25, -0.2) is 0 Å². The third-order valence-electron chi connectivity index (χ3n) is 6.05. The summed E-state index contributed by atoms with van der Waals surface area (Å²) in [5.41, 5.74) is 1.33. The molecule has 0 atom stereocenters. The van der Waals surface area contributed by atoms with Gasteiger partial charge < -0.3 is 14.2 Å². The van der Waals surface area contributed by atoms with Gasteiger partial charge in [0.1, 0.15) is 17.2 Å². The molecule has 1 aliphatic rings. The fraction of sp³-hybridized carbons (Fsp3) is 0.222. The number of benzene rings is 3. The first-order chi connectivity index (χ1) is 16.0. The number of carbonyl (C=O) groups is 3. The molecule has 0 spiro atoms. The maximum absolute atomic E-state index is 13.3. The minimum absolute atomic E-state index is 0.226. The van der Waals surface area contributed by atoms with Gasteiger partial charge in [-0.1, -0.05) is 0 Å². The first-order valence-electron chi connectivity index (χ1n) is 10.5. The number of ketones is 3. The highest BCUT2D eigenvalue weighted by Gasteiger charge is 2.62. The minimum Gasteiger partial charge on any atom is -0.497 e. The van der Waals surface area contributed by atoms with Crippen LogP contribution in [0, 0.1) is 17.8 Å². The quantitative estimate of drug-likeness (QED) is 0.452. The second-order valence-electron chi connectivity index (χ2n) is 7.86. The summed E-state index contributed by atoms with van der Waals surface area (Å²) in [4.78, 5) is 39.9. The Bertz CT molecular complexity index is 1010. The molecule has 168 valence electrons. The van der Waals surface area contributed by atoms with Crippen LogP contribution in [0.15, 0.2) is 72.8 Å². The van der Waals surface area contributed by atoms with Crippen molar-refractivity contribution in [2.75, 3.05) is 21.3 Å². The molecular formula is C27H24O6. The predicted octanol–water partition coefficient (Wildman–Crippen LogP) is 4.52. The second kappa shape index (κ2) is 9.28. The number of carbonyl (C=O) groups excluding carboxylic acids is 3. The lowest BCUT2D eigenvalue weighted by molar-refractivity contribution is 0.0905. The van der Waals surface area contributed by atoms with Gasteiger partial charge in [-0.05, 0) is 72.8 Å². The standard InChI is InChI=1S/C27H24O6/c1-31-19-10-4-16(5-11-19)25(28)22-23(26(29)17-6-12-20(32-2)13-7-17)24(22)27(30)18-8-14-21(33-3)15-9-18/h4-15,22-24H,1-3H3. The van der Waals surface area contributed by atoms with Crippen LogP contribution >= 0.6 is 0 Å². The van der Waals surface area contributed by atoms with Gasteiger partial charge in [0.05, 0.1) is 21.3 Å². The third kappa shape index (κ3) is 4.37. The van der Waals surface area contributed by atoms with E-state index in [1.165, 1.54) is 0 Å². The van der Waals surface area contributed by atoms with Gasteiger partial charge in [-0.15, -0.1) is 0 Å². The summed E-state index contributed by atoms with van der Waals surface area (Å²) in [5, 5.41) is 0. The molecular weight excluding hydrogens is 420 g/mol. The molecule has 1 saturated carbocycles. The van der Waals surface area contributed by atoms with Gasteiger partial charge in [0.2, 0.25) is 0 Å². The molecule has 0 heterocycles. The highest BCUT2D eigenvalue weighted by Crippen LogP contribution is 2.52. The van der Waals surface area contributed by atoms with Crippen LogP contribution in [0.3, 0.4) is 0 Å². The summed E-state index contributed by atoms with van der Waals surface area (Å²) >= 11 is 0. The van der Waals surface area contributed by atoms with Crippen molar-refractivity contribution in [1.82, 2.24) is 0 Å².